The van der Waals surface area contributed by atoms with Crippen LogP contribution >= 0.6 is 27.7 Å². The van der Waals surface area contributed by atoms with Crippen LogP contribution in [-0.2, 0) is 9.59 Å². The maximum absolute atomic E-state index is 13.3. The number of carbonyl (C=O) groups is 3. The van der Waals surface area contributed by atoms with Crippen LogP contribution in [0.3, 0.4) is 0 Å². The molecule has 0 aliphatic heterocycles. The van der Waals surface area contributed by atoms with Crippen LogP contribution in [0.1, 0.15) is 27.0 Å². The lowest BCUT2D eigenvalue weighted by Gasteiger charge is -2.12. The third kappa shape index (κ3) is 8.43. The Labute approximate surface area is 246 Å². The van der Waals surface area contributed by atoms with Crippen LogP contribution in [0.5, 0.6) is 0 Å². The topological polar surface area (TPSA) is 87.3 Å². The number of anilines is 2. The van der Waals surface area contributed by atoms with Crippen molar-refractivity contribution in [3.8, 4) is 0 Å². The molecule has 0 radical (unpaired) electrons. The Balaban J connectivity index is 1.45. The summed E-state index contributed by atoms with van der Waals surface area (Å²) >= 11 is 4.81. The molecule has 202 valence electrons. The number of carbonyl (C=O) groups excluding carboxylic acids is 3. The predicted octanol–water partition coefficient (Wildman–Crippen LogP) is 7.21. The average molecular weight is 615 g/mol. The molecule has 0 aliphatic rings. The summed E-state index contributed by atoms with van der Waals surface area (Å²) in [5, 5.41) is 8.57. The Morgan fingerprint density at radius 2 is 1.60 bits per heavy atom. The van der Waals surface area contributed by atoms with Crippen molar-refractivity contribution >= 4 is 62.9 Å². The van der Waals surface area contributed by atoms with Gasteiger partial charge in [0.05, 0.1) is 5.75 Å². The normalized spacial score (nSPS) is 11.0. The van der Waals surface area contributed by atoms with E-state index in [1.165, 1.54) is 11.8 Å². The Bertz CT molecular complexity index is 1570. The first-order chi connectivity index (χ1) is 19.3. The number of rotatable bonds is 9. The fraction of sp³-hybridized carbons (Fsp3) is 0.0938. The summed E-state index contributed by atoms with van der Waals surface area (Å²) in [6.45, 7) is 3.94. The Morgan fingerprint density at radius 3 is 2.38 bits per heavy atom. The van der Waals surface area contributed by atoms with Gasteiger partial charge in [0.15, 0.2) is 0 Å². The fourth-order valence-electron chi connectivity index (χ4n) is 3.77. The minimum absolute atomic E-state index is 0.0953. The van der Waals surface area contributed by atoms with E-state index < -0.39 is 11.8 Å². The summed E-state index contributed by atoms with van der Waals surface area (Å²) in [6, 6.07) is 29.3. The highest BCUT2D eigenvalue weighted by atomic mass is 79.9. The first-order valence-electron chi connectivity index (χ1n) is 12.5. The van der Waals surface area contributed by atoms with Crippen LogP contribution < -0.4 is 16.0 Å². The van der Waals surface area contributed by atoms with Crippen molar-refractivity contribution in [3.05, 3.63) is 129 Å². The van der Waals surface area contributed by atoms with Crippen LogP contribution in [-0.4, -0.2) is 23.5 Å². The van der Waals surface area contributed by atoms with E-state index in [1.807, 2.05) is 68.4 Å². The van der Waals surface area contributed by atoms with Gasteiger partial charge in [-0.25, -0.2) is 0 Å². The molecule has 4 aromatic carbocycles. The quantitative estimate of drug-likeness (QED) is 0.137. The maximum Gasteiger partial charge on any atom is 0.272 e. The third-order valence-corrected chi connectivity index (χ3v) is 7.30. The van der Waals surface area contributed by atoms with Gasteiger partial charge >= 0.3 is 0 Å². The van der Waals surface area contributed by atoms with Crippen molar-refractivity contribution in [2.24, 2.45) is 0 Å². The molecule has 8 heteroatoms. The highest BCUT2D eigenvalue weighted by Crippen LogP contribution is 2.23. The fourth-order valence-corrected chi connectivity index (χ4v) is 4.95. The number of nitrogens with one attached hydrogen (secondary N) is 3. The molecule has 0 saturated carbocycles. The van der Waals surface area contributed by atoms with Gasteiger partial charge in [0.25, 0.3) is 11.8 Å². The van der Waals surface area contributed by atoms with Crippen LogP contribution in [0.25, 0.3) is 6.08 Å². The van der Waals surface area contributed by atoms with E-state index in [9.17, 15) is 14.4 Å². The van der Waals surface area contributed by atoms with Crippen LogP contribution in [0.4, 0.5) is 11.4 Å². The summed E-state index contributed by atoms with van der Waals surface area (Å²) < 4.78 is 0.849. The molecule has 0 bridgehead atoms. The smallest absolute Gasteiger partial charge is 0.272 e. The second kappa shape index (κ2) is 13.8. The molecule has 3 amide bonds. The molecule has 0 aliphatic carbocycles. The zero-order valence-corrected chi connectivity index (χ0v) is 24.4. The Kier molecular flexibility index (Phi) is 9.94. The molecule has 0 spiro atoms. The Morgan fingerprint density at radius 1 is 0.825 bits per heavy atom. The van der Waals surface area contributed by atoms with Gasteiger partial charge in [-0.3, -0.25) is 14.4 Å². The largest absolute Gasteiger partial charge is 0.325 e. The summed E-state index contributed by atoms with van der Waals surface area (Å²) in [7, 11) is 0. The number of hydrogen-bond acceptors (Lipinski definition) is 4. The van der Waals surface area contributed by atoms with E-state index in [2.05, 4.69) is 31.9 Å². The van der Waals surface area contributed by atoms with Crippen molar-refractivity contribution in [1.29, 1.82) is 0 Å². The highest BCUT2D eigenvalue weighted by Gasteiger charge is 2.16. The maximum atomic E-state index is 13.3. The number of hydrogen-bond donors (Lipinski definition) is 3. The molecule has 6 nitrogen and oxygen atoms in total. The third-order valence-electron chi connectivity index (χ3n) is 5.82. The summed E-state index contributed by atoms with van der Waals surface area (Å²) in [5.74, 6) is -0.766. The predicted molar refractivity (Wildman–Crippen MR) is 166 cm³/mol. The van der Waals surface area contributed by atoms with Crippen LogP contribution in [0.2, 0.25) is 0 Å². The van der Waals surface area contributed by atoms with E-state index in [4.69, 9.17) is 0 Å². The van der Waals surface area contributed by atoms with Gasteiger partial charge in [0.1, 0.15) is 5.70 Å². The number of halogens is 1. The van der Waals surface area contributed by atoms with Gasteiger partial charge in [0, 0.05) is 26.3 Å². The van der Waals surface area contributed by atoms with Crippen LogP contribution in [0, 0.1) is 13.8 Å². The second-order valence-corrected chi connectivity index (χ2v) is 11.0. The lowest BCUT2D eigenvalue weighted by atomic mass is 10.1. The molecule has 0 atom stereocenters. The van der Waals surface area contributed by atoms with Crippen molar-refractivity contribution in [1.82, 2.24) is 5.32 Å². The molecule has 0 saturated heterocycles. The van der Waals surface area contributed by atoms with Crippen LogP contribution in [0.15, 0.2) is 112 Å². The van der Waals surface area contributed by atoms with Gasteiger partial charge in [-0.05, 0) is 85.1 Å². The lowest BCUT2D eigenvalue weighted by Crippen LogP contribution is -2.30. The SMILES string of the molecule is Cc1ccc(C)c(NC(=O)CSc2cccc(NC(=O)/C(=C\c3cccc(Br)c3)NC(=O)c3ccccc3)c2)c1. The summed E-state index contributed by atoms with van der Waals surface area (Å²) in [5.41, 5.74) is 4.69. The number of amides is 3. The molecule has 0 heterocycles. The first kappa shape index (κ1) is 28.9. The van der Waals surface area contributed by atoms with Gasteiger partial charge in [-0.1, -0.05) is 64.5 Å². The second-order valence-electron chi connectivity index (χ2n) is 9.07. The van der Waals surface area contributed by atoms with Crippen molar-refractivity contribution in [2.75, 3.05) is 16.4 Å². The van der Waals surface area contributed by atoms with Gasteiger partial charge in [-0.2, -0.15) is 0 Å². The van der Waals surface area contributed by atoms with E-state index >= 15 is 0 Å². The molecule has 3 N–H and O–H groups in total. The number of benzene rings is 4. The summed E-state index contributed by atoms with van der Waals surface area (Å²) in [4.78, 5) is 39.6. The molecule has 0 fully saturated rings. The molecular formula is C32H28BrN3O3S. The van der Waals surface area contributed by atoms with E-state index in [0.717, 1.165) is 31.7 Å². The monoisotopic (exact) mass is 613 g/mol. The van der Waals surface area contributed by atoms with E-state index in [0.29, 0.717) is 11.3 Å². The lowest BCUT2D eigenvalue weighted by molar-refractivity contribution is -0.114. The molecular weight excluding hydrogens is 586 g/mol. The Hall–Kier alpha value is -4.14. The molecule has 0 unspecified atom stereocenters. The number of aryl methyl sites for hydroxylation is 2. The molecule has 4 aromatic rings. The van der Waals surface area contributed by atoms with Crippen molar-refractivity contribution in [3.63, 3.8) is 0 Å². The summed E-state index contributed by atoms with van der Waals surface area (Å²) in [6.07, 6.45) is 1.62. The minimum Gasteiger partial charge on any atom is -0.325 e. The van der Waals surface area contributed by atoms with E-state index in [-0.39, 0.29) is 17.4 Å². The molecule has 40 heavy (non-hydrogen) atoms. The zero-order chi connectivity index (χ0) is 28.5. The molecule has 0 aromatic heterocycles. The zero-order valence-electron chi connectivity index (χ0n) is 22.0. The van der Waals surface area contributed by atoms with Crippen molar-refractivity contribution in [2.45, 2.75) is 18.7 Å². The standard InChI is InChI=1S/C32H28BrN3O3S/c1-21-14-15-22(2)28(16-21)35-30(37)20-40-27-13-7-12-26(19-27)34-32(39)29(18-23-8-6-11-25(33)17-23)36-31(38)24-9-4-3-5-10-24/h3-19H,20H2,1-2H3,(H,34,39)(H,35,37)(H,36,38)/b29-18+. The minimum atomic E-state index is -0.473. The highest BCUT2D eigenvalue weighted by molar-refractivity contribution is 9.10. The van der Waals surface area contributed by atoms with E-state index in [1.54, 1.807) is 48.5 Å². The first-order valence-corrected chi connectivity index (χ1v) is 14.3. The van der Waals surface area contributed by atoms with Gasteiger partial charge in [0.2, 0.25) is 5.91 Å². The average Bonchev–Trinajstić information content (AvgIpc) is 2.94. The van der Waals surface area contributed by atoms with Crippen molar-refractivity contribution < 1.29 is 14.4 Å². The van der Waals surface area contributed by atoms with Gasteiger partial charge in [-0.15, -0.1) is 11.8 Å². The van der Waals surface area contributed by atoms with Gasteiger partial charge < -0.3 is 16.0 Å². The number of thioether (sulfide) groups is 1. The molecule has 4 rings (SSSR count).